The molecule has 4 heterocycles. The van der Waals surface area contributed by atoms with E-state index >= 15 is 0 Å². The van der Waals surface area contributed by atoms with Crippen LogP contribution < -0.4 is 0 Å². The molecular weight excluding hydrogens is 314 g/mol. The Morgan fingerprint density at radius 1 is 1.16 bits per heavy atom. The van der Waals surface area contributed by atoms with E-state index in [1.54, 1.807) is 12.5 Å². The number of carbonyl (C=O) groups is 1. The summed E-state index contributed by atoms with van der Waals surface area (Å²) in [5, 5.41) is 0. The molecular formula is C19H21N5O. The van der Waals surface area contributed by atoms with Gasteiger partial charge in [-0.3, -0.25) is 14.2 Å². The van der Waals surface area contributed by atoms with Crippen molar-refractivity contribution < 1.29 is 4.79 Å². The van der Waals surface area contributed by atoms with Crippen LogP contribution in [0.25, 0.3) is 5.52 Å². The van der Waals surface area contributed by atoms with Crippen LogP contribution in [0.5, 0.6) is 0 Å². The number of imidazole rings is 1. The van der Waals surface area contributed by atoms with Gasteiger partial charge in [0.1, 0.15) is 12.2 Å². The zero-order valence-electron chi connectivity index (χ0n) is 14.5. The highest BCUT2D eigenvalue weighted by atomic mass is 16.2. The molecule has 0 radical (unpaired) electrons. The van der Waals surface area contributed by atoms with Crippen LogP contribution in [0.2, 0.25) is 0 Å². The number of pyridine rings is 1. The van der Waals surface area contributed by atoms with E-state index in [2.05, 4.69) is 9.97 Å². The largest absolute Gasteiger partial charge is 0.328 e. The minimum atomic E-state index is -0.0425. The molecule has 0 unspecified atom stereocenters. The Morgan fingerprint density at radius 3 is 2.84 bits per heavy atom. The van der Waals surface area contributed by atoms with Gasteiger partial charge in [-0.25, -0.2) is 9.97 Å². The molecule has 0 bridgehead atoms. The summed E-state index contributed by atoms with van der Waals surface area (Å²) in [6, 6.07) is 5.70. The van der Waals surface area contributed by atoms with Crippen LogP contribution in [-0.2, 0) is 0 Å². The van der Waals surface area contributed by atoms with Crippen molar-refractivity contribution in [1.29, 1.82) is 0 Å². The first kappa shape index (κ1) is 15.7. The molecule has 3 aromatic heterocycles. The standard InChI is InChI=1S/C19H21N5O/c1-13-6-7-15(10-21-13)19(25)23-8-4-3-5-17(23)18-22-14(2)9-16-11-20-12-24(16)18/h6-7,9-12,17H,3-5,8H2,1-2H3/t17-/m0/s1. The summed E-state index contributed by atoms with van der Waals surface area (Å²) in [7, 11) is 0. The summed E-state index contributed by atoms with van der Waals surface area (Å²) in [4.78, 5) is 28.3. The highest BCUT2D eigenvalue weighted by Crippen LogP contribution is 2.31. The first-order chi connectivity index (χ1) is 12.1. The SMILES string of the molecule is Cc1ccc(C(=O)N2CCCC[C@H]2c2nc(C)cc3cncn23)cn1. The van der Waals surface area contributed by atoms with Crippen molar-refractivity contribution in [3.05, 3.63) is 59.7 Å². The monoisotopic (exact) mass is 335 g/mol. The lowest BCUT2D eigenvalue weighted by Gasteiger charge is -2.35. The fourth-order valence-corrected chi connectivity index (χ4v) is 3.52. The van der Waals surface area contributed by atoms with Crippen LogP contribution in [0, 0.1) is 13.8 Å². The molecule has 6 heteroatoms. The smallest absolute Gasteiger partial charge is 0.256 e. The summed E-state index contributed by atoms with van der Waals surface area (Å²) in [5.74, 6) is 0.911. The van der Waals surface area contributed by atoms with E-state index in [-0.39, 0.29) is 11.9 Å². The van der Waals surface area contributed by atoms with Gasteiger partial charge in [0, 0.05) is 24.1 Å². The quantitative estimate of drug-likeness (QED) is 0.722. The summed E-state index contributed by atoms with van der Waals surface area (Å²) in [5.41, 5.74) is 3.50. The molecule has 1 aliphatic rings. The molecule has 3 aromatic rings. The second-order valence-corrected chi connectivity index (χ2v) is 6.64. The third-order valence-electron chi connectivity index (χ3n) is 4.78. The van der Waals surface area contributed by atoms with Crippen LogP contribution in [0.1, 0.15) is 52.9 Å². The van der Waals surface area contributed by atoms with Gasteiger partial charge in [-0.2, -0.15) is 0 Å². The van der Waals surface area contributed by atoms with Gasteiger partial charge in [0.15, 0.2) is 0 Å². The molecule has 25 heavy (non-hydrogen) atoms. The molecule has 0 saturated carbocycles. The number of hydrogen-bond acceptors (Lipinski definition) is 4. The van der Waals surface area contributed by atoms with E-state index in [0.29, 0.717) is 5.56 Å². The van der Waals surface area contributed by atoms with Gasteiger partial charge in [0.25, 0.3) is 5.91 Å². The average molecular weight is 335 g/mol. The van der Waals surface area contributed by atoms with Crippen LogP contribution in [0.4, 0.5) is 0 Å². The summed E-state index contributed by atoms with van der Waals surface area (Å²) in [6.07, 6.45) is 8.29. The molecule has 1 atom stereocenters. The highest BCUT2D eigenvalue weighted by molar-refractivity contribution is 5.94. The summed E-state index contributed by atoms with van der Waals surface area (Å²) < 4.78 is 2.00. The van der Waals surface area contributed by atoms with Gasteiger partial charge >= 0.3 is 0 Å². The zero-order valence-corrected chi connectivity index (χ0v) is 14.5. The van der Waals surface area contributed by atoms with Crippen molar-refractivity contribution >= 4 is 11.4 Å². The number of rotatable bonds is 2. The van der Waals surface area contributed by atoms with E-state index in [4.69, 9.17) is 4.98 Å². The third kappa shape index (κ3) is 2.88. The van der Waals surface area contributed by atoms with Gasteiger partial charge < -0.3 is 4.90 Å². The predicted octanol–water partition coefficient (Wildman–Crippen LogP) is 3.11. The van der Waals surface area contributed by atoms with E-state index in [1.807, 2.05) is 47.5 Å². The number of likely N-dealkylation sites (tertiary alicyclic amines) is 1. The molecule has 0 aromatic carbocycles. The molecule has 1 saturated heterocycles. The van der Waals surface area contributed by atoms with Crippen molar-refractivity contribution in [2.75, 3.05) is 6.54 Å². The summed E-state index contributed by atoms with van der Waals surface area (Å²) in [6.45, 7) is 4.64. The number of amides is 1. The third-order valence-corrected chi connectivity index (χ3v) is 4.78. The van der Waals surface area contributed by atoms with Gasteiger partial charge in [0.05, 0.1) is 23.3 Å². The van der Waals surface area contributed by atoms with Crippen LogP contribution >= 0.6 is 0 Å². The molecule has 1 fully saturated rings. The maximum absolute atomic E-state index is 13.1. The van der Waals surface area contributed by atoms with Crippen molar-refractivity contribution in [3.63, 3.8) is 0 Å². The summed E-state index contributed by atoms with van der Waals surface area (Å²) >= 11 is 0. The molecule has 0 spiro atoms. The number of hydrogen-bond donors (Lipinski definition) is 0. The van der Waals surface area contributed by atoms with Crippen LogP contribution in [-0.4, -0.2) is 36.7 Å². The van der Waals surface area contributed by atoms with Crippen molar-refractivity contribution in [3.8, 4) is 0 Å². The minimum Gasteiger partial charge on any atom is -0.328 e. The first-order valence-corrected chi connectivity index (χ1v) is 8.67. The normalized spacial score (nSPS) is 17.8. The number of carbonyl (C=O) groups excluding carboxylic acids is 1. The first-order valence-electron chi connectivity index (χ1n) is 8.67. The average Bonchev–Trinajstić information content (AvgIpc) is 3.09. The minimum absolute atomic E-state index is 0.0220. The van der Waals surface area contributed by atoms with Crippen molar-refractivity contribution in [1.82, 2.24) is 24.3 Å². The van der Waals surface area contributed by atoms with E-state index < -0.39 is 0 Å². The second-order valence-electron chi connectivity index (χ2n) is 6.64. The van der Waals surface area contributed by atoms with Crippen molar-refractivity contribution in [2.24, 2.45) is 0 Å². The molecule has 128 valence electrons. The van der Waals surface area contributed by atoms with Crippen LogP contribution in [0.15, 0.2) is 36.9 Å². The predicted molar refractivity (Wildman–Crippen MR) is 94.3 cm³/mol. The maximum atomic E-state index is 13.1. The van der Waals surface area contributed by atoms with Gasteiger partial charge in [-0.1, -0.05) is 0 Å². The zero-order chi connectivity index (χ0) is 17.4. The Bertz CT molecular complexity index is 915. The lowest BCUT2D eigenvalue weighted by atomic mass is 10.00. The van der Waals surface area contributed by atoms with Crippen molar-refractivity contribution in [2.45, 2.75) is 39.2 Å². The molecule has 0 aliphatic carbocycles. The number of aromatic nitrogens is 4. The Labute approximate surface area is 146 Å². The Hall–Kier alpha value is -2.76. The lowest BCUT2D eigenvalue weighted by Crippen LogP contribution is -2.39. The topological polar surface area (TPSA) is 63.4 Å². The number of piperidine rings is 1. The van der Waals surface area contributed by atoms with E-state index in [1.165, 1.54) is 0 Å². The molecule has 6 nitrogen and oxygen atoms in total. The number of fused-ring (bicyclic) bond motifs is 1. The van der Waals surface area contributed by atoms with Gasteiger partial charge in [-0.05, 0) is 51.3 Å². The number of aryl methyl sites for hydroxylation is 2. The fourth-order valence-electron chi connectivity index (χ4n) is 3.52. The Morgan fingerprint density at radius 2 is 2.04 bits per heavy atom. The Balaban J connectivity index is 1.75. The van der Waals surface area contributed by atoms with Gasteiger partial charge in [-0.15, -0.1) is 0 Å². The van der Waals surface area contributed by atoms with E-state index in [0.717, 1.165) is 48.5 Å². The molecule has 0 N–H and O–H groups in total. The highest BCUT2D eigenvalue weighted by Gasteiger charge is 2.31. The number of nitrogens with zero attached hydrogens (tertiary/aromatic N) is 5. The fraction of sp³-hybridized carbons (Fsp3) is 0.368. The van der Waals surface area contributed by atoms with Gasteiger partial charge in [0.2, 0.25) is 0 Å². The lowest BCUT2D eigenvalue weighted by molar-refractivity contribution is 0.0597. The van der Waals surface area contributed by atoms with Crippen LogP contribution in [0.3, 0.4) is 0 Å². The Kier molecular flexibility index (Phi) is 3.95. The molecule has 4 rings (SSSR count). The molecule has 1 amide bonds. The second kappa shape index (κ2) is 6.27. The maximum Gasteiger partial charge on any atom is 0.256 e. The van der Waals surface area contributed by atoms with E-state index in [9.17, 15) is 4.79 Å². The molecule has 1 aliphatic heterocycles.